The first-order chi connectivity index (χ1) is 13.0. The van der Waals surface area contributed by atoms with E-state index in [2.05, 4.69) is 5.32 Å². The highest BCUT2D eigenvalue weighted by Crippen LogP contribution is 2.29. The molecule has 0 fully saturated rings. The molecule has 1 atom stereocenters. The van der Waals surface area contributed by atoms with Crippen LogP contribution in [-0.4, -0.2) is 36.5 Å². The summed E-state index contributed by atoms with van der Waals surface area (Å²) in [6, 6.07) is 12.7. The molecule has 3 rings (SSSR count). The van der Waals surface area contributed by atoms with Crippen LogP contribution in [0.4, 0.5) is 5.69 Å². The first kappa shape index (κ1) is 19.2. The monoisotopic (exact) mass is 388 g/mol. The Bertz CT molecular complexity index is 838. The van der Waals surface area contributed by atoms with Crippen molar-refractivity contribution in [1.82, 2.24) is 4.90 Å². The van der Waals surface area contributed by atoms with Crippen LogP contribution in [0.5, 0.6) is 5.75 Å². The molecule has 0 aromatic heterocycles. The quantitative estimate of drug-likeness (QED) is 0.853. The number of hydrogen-bond donors (Lipinski definition) is 1. The molecule has 1 aliphatic rings. The number of methoxy groups -OCH3 is 1. The third kappa shape index (κ3) is 4.78. The Morgan fingerprint density at radius 2 is 2.04 bits per heavy atom. The predicted molar refractivity (Wildman–Crippen MR) is 103 cm³/mol. The summed E-state index contributed by atoms with van der Waals surface area (Å²) in [6.45, 7) is 2.55. The molecule has 6 nitrogen and oxygen atoms in total. The number of benzene rings is 2. The summed E-state index contributed by atoms with van der Waals surface area (Å²) in [7, 11) is 1.46. The lowest BCUT2D eigenvalue weighted by Crippen LogP contribution is -2.37. The molecule has 0 aliphatic carbocycles. The molecule has 1 heterocycles. The Balaban J connectivity index is 1.83. The molecule has 0 unspecified atom stereocenters. The molecular formula is C20H21ClN2O4. The minimum Gasteiger partial charge on any atom is -0.481 e. The second kappa shape index (κ2) is 8.41. The topological polar surface area (TPSA) is 67.9 Å². The van der Waals surface area contributed by atoms with Crippen molar-refractivity contribution in [2.24, 2.45) is 0 Å². The standard InChI is InChI=1S/C20H21ClN2O4/c1-13-20(25)23(10-14-3-5-16(21)6-4-14)11-15-9-17(7-8-18(15)27-13)22-19(24)12-26-2/h3-9,13H,10-12H2,1-2H3,(H,22,24)/t13-/m1/s1. The normalized spacial score (nSPS) is 16.3. The van der Waals surface area contributed by atoms with E-state index in [1.807, 2.05) is 18.2 Å². The second-order valence-electron chi connectivity index (χ2n) is 6.38. The van der Waals surface area contributed by atoms with Gasteiger partial charge in [0.05, 0.1) is 0 Å². The number of hydrogen-bond acceptors (Lipinski definition) is 4. The fourth-order valence-corrected chi connectivity index (χ4v) is 3.08. The number of carbonyl (C=O) groups excluding carboxylic acids is 2. The lowest BCUT2D eigenvalue weighted by Gasteiger charge is -2.22. The average molecular weight is 389 g/mol. The molecule has 2 aromatic rings. The van der Waals surface area contributed by atoms with Crippen LogP contribution in [0.2, 0.25) is 5.02 Å². The van der Waals surface area contributed by atoms with Gasteiger partial charge in [-0.3, -0.25) is 9.59 Å². The van der Waals surface area contributed by atoms with Crippen LogP contribution in [0.25, 0.3) is 0 Å². The summed E-state index contributed by atoms with van der Waals surface area (Å²) in [5.74, 6) is 0.305. The molecular weight excluding hydrogens is 368 g/mol. The molecule has 0 saturated heterocycles. The largest absolute Gasteiger partial charge is 0.481 e. The average Bonchev–Trinajstić information content (AvgIpc) is 2.74. The van der Waals surface area contributed by atoms with Gasteiger partial charge in [0.25, 0.3) is 5.91 Å². The van der Waals surface area contributed by atoms with Crippen LogP contribution >= 0.6 is 11.6 Å². The molecule has 142 valence electrons. The van der Waals surface area contributed by atoms with Gasteiger partial charge in [-0.25, -0.2) is 0 Å². The lowest BCUT2D eigenvalue weighted by molar-refractivity contribution is -0.138. The van der Waals surface area contributed by atoms with E-state index in [9.17, 15) is 9.59 Å². The molecule has 1 N–H and O–H groups in total. The zero-order chi connectivity index (χ0) is 19.4. The van der Waals surface area contributed by atoms with Gasteiger partial charge < -0.3 is 19.7 Å². The highest BCUT2D eigenvalue weighted by molar-refractivity contribution is 6.30. The summed E-state index contributed by atoms with van der Waals surface area (Å²) in [5.41, 5.74) is 2.44. The van der Waals surface area contributed by atoms with Crippen LogP contribution in [0, 0.1) is 0 Å². The molecule has 2 amide bonds. The maximum absolute atomic E-state index is 12.7. The van der Waals surface area contributed by atoms with E-state index in [0.717, 1.165) is 11.1 Å². The van der Waals surface area contributed by atoms with E-state index in [-0.39, 0.29) is 18.4 Å². The molecule has 1 aliphatic heterocycles. The Kier molecular flexibility index (Phi) is 5.98. The van der Waals surface area contributed by atoms with E-state index in [1.54, 1.807) is 36.1 Å². The Morgan fingerprint density at radius 3 is 2.74 bits per heavy atom. The Morgan fingerprint density at radius 1 is 1.30 bits per heavy atom. The molecule has 0 bridgehead atoms. The third-order valence-electron chi connectivity index (χ3n) is 4.23. The third-order valence-corrected chi connectivity index (χ3v) is 4.48. The first-order valence-corrected chi connectivity index (χ1v) is 8.95. The second-order valence-corrected chi connectivity index (χ2v) is 6.82. The number of fused-ring (bicyclic) bond motifs is 1. The van der Waals surface area contributed by atoms with Crippen LogP contribution in [0.15, 0.2) is 42.5 Å². The smallest absolute Gasteiger partial charge is 0.263 e. The summed E-state index contributed by atoms with van der Waals surface area (Å²) in [4.78, 5) is 26.2. The van der Waals surface area contributed by atoms with Crippen molar-refractivity contribution in [3.05, 3.63) is 58.6 Å². The van der Waals surface area contributed by atoms with Gasteiger partial charge in [-0.2, -0.15) is 0 Å². The fraction of sp³-hybridized carbons (Fsp3) is 0.300. The van der Waals surface area contributed by atoms with Crippen LogP contribution in [0.1, 0.15) is 18.1 Å². The SMILES string of the molecule is COCC(=O)Nc1ccc2c(c1)CN(Cc1ccc(Cl)cc1)C(=O)[C@@H](C)O2. The minimum absolute atomic E-state index is 0.0220. The molecule has 0 radical (unpaired) electrons. The maximum Gasteiger partial charge on any atom is 0.263 e. The molecule has 2 aromatic carbocycles. The fourth-order valence-electron chi connectivity index (χ4n) is 2.95. The van der Waals surface area contributed by atoms with Gasteiger partial charge in [-0.15, -0.1) is 0 Å². The van der Waals surface area contributed by atoms with E-state index in [0.29, 0.717) is 29.5 Å². The van der Waals surface area contributed by atoms with Crippen LogP contribution in [-0.2, 0) is 27.4 Å². The first-order valence-electron chi connectivity index (χ1n) is 8.58. The summed E-state index contributed by atoms with van der Waals surface area (Å²) >= 11 is 5.94. The predicted octanol–water partition coefficient (Wildman–Crippen LogP) is 3.23. The van der Waals surface area contributed by atoms with Crippen LogP contribution in [0.3, 0.4) is 0 Å². The highest BCUT2D eigenvalue weighted by Gasteiger charge is 2.28. The number of rotatable bonds is 5. The van der Waals surface area contributed by atoms with Crippen molar-refractivity contribution in [3.8, 4) is 5.75 Å². The summed E-state index contributed by atoms with van der Waals surface area (Å²) < 4.78 is 10.6. The van der Waals surface area contributed by atoms with Gasteiger partial charge in [0.15, 0.2) is 6.10 Å². The number of anilines is 1. The lowest BCUT2D eigenvalue weighted by atomic mass is 10.1. The van der Waals surface area contributed by atoms with Crippen LogP contribution < -0.4 is 10.1 Å². The van der Waals surface area contributed by atoms with Gasteiger partial charge in [0.2, 0.25) is 5.91 Å². The number of nitrogens with zero attached hydrogens (tertiary/aromatic N) is 1. The molecule has 27 heavy (non-hydrogen) atoms. The van der Waals surface area contributed by atoms with Gasteiger partial charge in [0, 0.05) is 36.5 Å². The Labute approximate surface area is 163 Å². The van der Waals surface area contributed by atoms with Crippen molar-refractivity contribution in [2.75, 3.05) is 19.0 Å². The van der Waals surface area contributed by atoms with Crippen molar-refractivity contribution in [1.29, 1.82) is 0 Å². The maximum atomic E-state index is 12.7. The summed E-state index contributed by atoms with van der Waals surface area (Å²) in [6.07, 6.45) is -0.590. The van der Waals surface area contributed by atoms with Crippen molar-refractivity contribution >= 4 is 29.1 Å². The number of ether oxygens (including phenoxy) is 2. The van der Waals surface area contributed by atoms with Gasteiger partial charge in [-0.1, -0.05) is 23.7 Å². The molecule has 0 saturated carbocycles. The van der Waals surface area contributed by atoms with Gasteiger partial charge >= 0.3 is 0 Å². The molecule has 0 spiro atoms. The number of amides is 2. The minimum atomic E-state index is -0.590. The zero-order valence-electron chi connectivity index (χ0n) is 15.2. The highest BCUT2D eigenvalue weighted by atomic mass is 35.5. The molecule has 7 heteroatoms. The number of halogens is 1. The van der Waals surface area contributed by atoms with E-state index < -0.39 is 6.10 Å². The van der Waals surface area contributed by atoms with E-state index in [4.69, 9.17) is 21.1 Å². The summed E-state index contributed by atoms with van der Waals surface area (Å²) in [5, 5.41) is 3.42. The van der Waals surface area contributed by atoms with Gasteiger partial charge in [0.1, 0.15) is 12.4 Å². The van der Waals surface area contributed by atoms with E-state index in [1.165, 1.54) is 7.11 Å². The van der Waals surface area contributed by atoms with Crippen molar-refractivity contribution in [2.45, 2.75) is 26.1 Å². The zero-order valence-corrected chi connectivity index (χ0v) is 16.0. The number of nitrogens with one attached hydrogen (secondary N) is 1. The van der Waals surface area contributed by atoms with Crippen molar-refractivity contribution < 1.29 is 19.1 Å². The van der Waals surface area contributed by atoms with Gasteiger partial charge in [-0.05, 0) is 42.8 Å². The van der Waals surface area contributed by atoms with Crippen molar-refractivity contribution in [3.63, 3.8) is 0 Å². The number of carbonyl (C=O) groups is 2. The van der Waals surface area contributed by atoms with E-state index >= 15 is 0 Å². The Hall–Kier alpha value is -2.57.